The minimum Gasteiger partial charge on any atom is -0.424 e. The number of halogens is 2. The van der Waals surface area contributed by atoms with Gasteiger partial charge in [0.1, 0.15) is 24.6 Å². The van der Waals surface area contributed by atoms with Gasteiger partial charge < -0.3 is 9.73 Å². The summed E-state index contributed by atoms with van der Waals surface area (Å²) in [5, 5.41) is 19.5. The Kier molecular flexibility index (Phi) is 5.72. The minimum absolute atomic E-state index is 0.00507. The number of benzene rings is 1. The number of hydrogen-bond acceptors (Lipinski definition) is 7. The fraction of sp³-hybridized carbons (Fsp3) is 0.250. The first-order valence-corrected chi connectivity index (χ1v) is 9.93. The lowest BCUT2D eigenvalue weighted by Gasteiger charge is -2.17. The standard InChI is InChI=1S/C20H15F2N5O2S/c21-13-5-12(6-14(22)8-13)11-1-2-15-16(7-11)30-20(25-15)10-19-27-26-18(29-19)9-17(28)24-4-3-23/h1-2,5-8,15-16H,4,9-10H2,(H,24,28). The van der Waals surface area contributed by atoms with Crippen molar-refractivity contribution in [3.05, 3.63) is 65.4 Å². The Labute approximate surface area is 174 Å². The summed E-state index contributed by atoms with van der Waals surface area (Å²) in [7, 11) is 0. The van der Waals surface area contributed by atoms with Crippen LogP contribution in [0.5, 0.6) is 0 Å². The van der Waals surface area contributed by atoms with Crippen LogP contribution in [0, 0.1) is 23.0 Å². The molecule has 10 heteroatoms. The molecule has 2 aliphatic rings. The first-order chi connectivity index (χ1) is 14.5. The van der Waals surface area contributed by atoms with Gasteiger partial charge in [-0.1, -0.05) is 18.2 Å². The largest absolute Gasteiger partial charge is 0.424 e. The zero-order valence-electron chi connectivity index (χ0n) is 15.5. The average Bonchev–Trinajstić information content (AvgIpc) is 3.31. The van der Waals surface area contributed by atoms with Crippen LogP contribution in [-0.2, 0) is 17.6 Å². The predicted octanol–water partition coefficient (Wildman–Crippen LogP) is 2.61. The molecule has 2 heterocycles. The van der Waals surface area contributed by atoms with E-state index in [-0.39, 0.29) is 36.1 Å². The van der Waals surface area contributed by atoms with Crippen molar-refractivity contribution in [2.75, 3.05) is 6.54 Å². The fourth-order valence-corrected chi connectivity index (χ4v) is 4.32. The van der Waals surface area contributed by atoms with Crippen molar-refractivity contribution in [2.45, 2.75) is 24.1 Å². The maximum Gasteiger partial charge on any atom is 0.230 e. The van der Waals surface area contributed by atoms with E-state index in [9.17, 15) is 13.6 Å². The van der Waals surface area contributed by atoms with E-state index in [1.54, 1.807) is 0 Å². The molecule has 1 aromatic heterocycles. The van der Waals surface area contributed by atoms with Gasteiger partial charge in [0.2, 0.25) is 17.7 Å². The van der Waals surface area contributed by atoms with Crippen molar-refractivity contribution >= 4 is 28.3 Å². The topological polar surface area (TPSA) is 104 Å². The number of aromatic nitrogens is 2. The molecule has 0 saturated heterocycles. The van der Waals surface area contributed by atoms with Gasteiger partial charge in [0, 0.05) is 6.07 Å². The monoisotopic (exact) mass is 427 g/mol. The van der Waals surface area contributed by atoms with Crippen LogP contribution >= 0.6 is 11.8 Å². The van der Waals surface area contributed by atoms with Crippen LogP contribution in [0.25, 0.3) is 5.57 Å². The van der Waals surface area contributed by atoms with E-state index in [0.717, 1.165) is 16.7 Å². The molecule has 152 valence electrons. The molecule has 30 heavy (non-hydrogen) atoms. The van der Waals surface area contributed by atoms with Gasteiger partial charge in [0.05, 0.1) is 28.8 Å². The van der Waals surface area contributed by atoms with E-state index < -0.39 is 11.6 Å². The second-order valence-corrected chi connectivity index (χ2v) is 7.86. The highest BCUT2D eigenvalue weighted by Crippen LogP contribution is 2.36. The second kappa shape index (κ2) is 8.59. The number of nitrogens with zero attached hydrogens (tertiary/aromatic N) is 4. The van der Waals surface area contributed by atoms with Crippen molar-refractivity contribution in [3.63, 3.8) is 0 Å². The lowest BCUT2D eigenvalue weighted by atomic mass is 9.97. The van der Waals surface area contributed by atoms with Gasteiger partial charge in [-0.05, 0) is 23.3 Å². The fourth-order valence-electron chi connectivity index (χ4n) is 3.12. The highest BCUT2D eigenvalue weighted by atomic mass is 32.2. The number of rotatable bonds is 6. The number of hydrogen-bond donors (Lipinski definition) is 1. The molecule has 2 unspecified atom stereocenters. The van der Waals surface area contributed by atoms with Crippen LogP contribution in [0.3, 0.4) is 0 Å². The normalized spacial score (nSPS) is 19.6. The molecule has 1 aromatic carbocycles. The molecule has 0 bridgehead atoms. The molecule has 0 fully saturated rings. The number of nitrogens with one attached hydrogen (secondary N) is 1. The van der Waals surface area contributed by atoms with Gasteiger partial charge in [0.15, 0.2) is 0 Å². The summed E-state index contributed by atoms with van der Waals surface area (Å²) in [6.45, 7) is -0.0820. The lowest BCUT2D eigenvalue weighted by Crippen LogP contribution is -2.25. The van der Waals surface area contributed by atoms with Crippen LogP contribution in [0.2, 0.25) is 0 Å². The summed E-state index contributed by atoms with van der Waals surface area (Å²) in [5.41, 5.74) is 1.22. The van der Waals surface area contributed by atoms with Crippen molar-refractivity contribution < 1.29 is 18.0 Å². The number of nitriles is 1. The summed E-state index contributed by atoms with van der Waals surface area (Å²) in [6.07, 6.45) is 5.89. The second-order valence-electron chi connectivity index (χ2n) is 6.61. The molecule has 0 saturated carbocycles. The van der Waals surface area contributed by atoms with Crippen molar-refractivity contribution in [3.8, 4) is 6.07 Å². The molecular weight excluding hydrogens is 412 g/mol. The lowest BCUT2D eigenvalue weighted by molar-refractivity contribution is -0.120. The molecule has 1 aliphatic carbocycles. The first kappa shape index (κ1) is 20.0. The van der Waals surface area contributed by atoms with Gasteiger partial charge in [0.25, 0.3) is 0 Å². The number of fused-ring (bicyclic) bond motifs is 1. The number of aliphatic imine (C=N–C) groups is 1. The Hall–Kier alpha value is -3.32. The Morgan fingerprint density at radius 1 is 1.23 bits per heavy atom. The van der Waals surface area contributed by atoms with Crippen LogP contribution in [0.1, 0.15) is 17.3 Å². The van der Waals surface area contributed by atoms with E-state index in [0.29, 0.717) is 17.9 Å². The first-order valence-electron chi connectivity index (χ1n) is 9.05. The van der Waals surface area contributed by atoms with E-state index in [1.165, 1.54) is 23.9 Å². The predicted molar refractivity (Wildman–Crippen MR) is 106 cm³/mol. The average molecular weight is 427 g/mol. The molecule has 0 radical (unpaired) electrons. The quantitative estimate of drug-likeness (QED) is 0.711. The maximum atomic E-state index is 13.5. The van der Waals surface area contributed by atoms with Crippen LogP contribution < -0.4 is 5.32 Å². The summed E-state index contributed by atoms with van der Waals surface area (Å²) < 4.78 is 32.5. The van der Waals surface area contributed by atoms with E-state index in [2.05, 4.69) is 20.5 Å². The zero-order valence-corrected chi connectivity index (χ0v) is 16.3. The maximum absolute atomic E-state index is 13.5. The molecule has 1 N–H and O–H groups in total. The summed E-state index contributed by atoms with van der Waals surface area (Å²) in [4.78, 5) is 16.2. The van der Waals surface area contributed by atoms with Crippen LogP contribution in [0.15, 0.2) is 45.8 Å². The highest BCUT2D eigenvalue weighted by molar-refractivity contribution is 8.14. The number of allylic oxidation sites excluding steroid dienone is 2. The van der Waals surface area contributed by atoms with E-state index in [4.69, 9.17) is 9.68 Å². The van der Waals surface area contributed by atoms with Crippen molar-refractivity contribution in [1.82, 2.24) is 15.5 Å². The van der Waals surface area contributed by atoms with Crippen molar-refractivity contribution in [2.24, 2.45) is 4.99 Å². The van der Waals surface area contributed by atoms with Gasteiger partial charge in [-0.3, -0.25) is 9.79 Å². The summed E-state index contributed by atoms with van der Waals surface area (Å²) >= 11 is 1.52. The third kappa shape index (κ3) is 4.63. The van der Waals surface area contributed by atoms with Crippen molar-refractivity contribution in [1.29, 1.82) is 5.26 Å². The molecule has 7 nitrogen and oxygen atoms in total. The molecule has 4 rings (SSSR count). The Balaban J connectivity index is 1.39. The molecule has 2 atom stereocenters. The third-order valence-corrected chi connectivity index (χ3v) is 5.61. The molecule has 2 aromatic rings. The number of thioether (sulfide) groups is 1. The van der Waals surface area contributed by atoms with E-state index >= 15 is 0 Å². The van der Waals surface area contributed by atoms with Gasteiger partial charge in [-0.2, -0.15) is 5.26 Å². The summed E-state index contributed by atoms with van der Waals surface area (Å²) in [6, 6.07) is 5.18. The number of amides is 1. The smallest absolute Gasteiger partial charge is 0.230 e. The Morgan fingerprint density at radius 3 is 2.77 bits per heavy atom. The SMILES string of the molecule is N#CCNC(=O)Cc1nnc(CC2=NC3C=CC(c4cc(F)cc(F)c4)=CC3S2)o1. The Morgan fingerprint density at radius 2 is 2.00 bits per heavy atom. The zero-order chi connectivity index (χ0) is 21.1. The van der Waals surface area contributed by atoms with Gasteiger partial charge in [-0.25, -0.2) is 8.78 Å². The van der Waals surface area contributed by atoms with Gasteiger partial charge >= 0.3 is 0 Å². The van der Waals surface area contributed by atoms with Crippen LogP contribution in [-0.4, -0.2) is 39.0 Å². The van der Waals surface area contributed by atoms with Crippen LogP contribution in [0.4, 0.5) is 8.78 Å². The summed E-state index contributed by atoms with van der Waals surface area (Å²) in [5.74, 6) is -1.11. The van der Waals surface area contributed by atoms with E-state index in [1.807, 2.05) is 24.3 Å². The minimum atomic E-state index is -0.619. The highest BCUT2D eigenvalue weighted by Gasteiger charge is 2.30. The third-order valence-electron chi connectivity index (χ3n) is 4.40. The molecule has 1 amide bonds. The molecular formula is C20H15F2N5O2S. The molecule has 0 spiro atoms. The molecule has 1 aliphatic heterocycles. The van der Waals surface area contributed by atoms with Gasteiger partial charge in [-0.15, -0.1) is 22.0 Å². The Bertz CT molecular complexity index is 1100. The number of carbonyl (C=O) groups excluding carboxylic acids is 1. The number of carbonyl (C=O) groups is 1.